The number of carbonyl (C=O) groups excluding carboxylic acids is 3. The van der Waals surface area contributed by atoms with Gasteiger partial charge in [0.15, 0.2) is 6.29 Å². The summed E-state index contributed by atoms with van der Waals surface area (Å²) in [6.07, 6.45) is 1.28. The molecule has 2 aromatic carbocycles. The number of ether oxygens (including phenoxy) is 1. The van der Waals surface area contributed by atoms with E-state index in [1.807, 2.05) is 17.9 Å². The number of nitrogens with zero attached hydrogens (tertiary/aromatic N) is 6. The van der Waals surface area contributed by atoms with E-state index in [9.17, 15) is 27.6 Å². The highest BCUT2D eigenvalue weighted by molar-refractivity contribution is 5.85. The minimum absolute atomic E-state index is 0.0225. The van der Waals surface area contributed by atoms with Crippen LogP contribution in [0.4, 0.5) is 30.4 Å². The van der Waals surface area contributed by atoms with Crippen molar-refractivity contribution in [2.45, 2.75) is 70.1 Å². The van der Waals surface area contributed by atoms with E-state index >= 15 is 0 Å². The van der Waals surface area contributed by atoms with Gasteiger partial charge >= 0.3 is 6.18 Å². The van der Waals surface area contributed by atoms with Gasteiger partial charge < -0.3 is 24.8 Å². The number of imide groups is 1. The van der Waals surface area contributed by atoms with E-state index in [1.54, 1.807) is 12.1 Å². The number of piperazine rings is 1. The maximum Gasteiger partial charge on any atom is 0.417 e. The zero-order valence-corrected chi connectivity index (χ0v) is 33.3. The summed E-state index contributed by atoms with van der Waals surface area (Å²) in [6.45, 7) is 10.2. The fraction of sp³-hybridized carbons (Fsp3) is 0.512. The van der Waals surface area contributed by atoms with Crippen LogP contribution in [-0.2, 0) is 22.3 Å². The number of halogens is 3. The number of methoxy groups -OCH3 is 1. The van der Waals surface area contributed by atoms with E-state index in [0.29, 0.717) is 61.4 Å². The Labute approximate surface area is 338 Å². The largest absolute Gasteiger partial charge is 0.480 e. The number of pyridine rings is 1. The number of nitrogens with one attached hydrogen (secondary N) is 2. The average Bonchev–Trinajstić information content (AvgIpc) is 3.24. The number of anilines is 3. The van der Waals surface area contributed by atoms with Gasteiger partial charge in [0.25, 0.3) is 0 Å². The molecule has 3 saturated heterocycles. The fourth-order valence-electron chi connectivity index (χ4n) is 8.42. The summed E-state index contributed by atoms with van der Waals surface area (Å²) in [5.41, 5.74) is 2.95. The van der Waals surface area contributed by atoms with Gasteiger partial charge in [0.05, 0.1) is 29.9 Å². The number of piperidine rings is 2. The quantitative estimate of drug-likeness (QED) is 0.182. The second kappa shape index (κ2) is 19.5. The molecule has 4 heterocycles. The highest BCUT2D eigenvalue weighted by Crippen LogP contribution is 2.37. The topological polar surface area (TPSA) is 134 Å². The molecule has 12 nitrogen and oxygen atoms in total. The number of rotatable bonds is 15. The van der Waals surface area contributed by atoms with Crippen molar-refractivity contribution in [3.8, 4) is 11.9 Å². The van der Waals surface area contributed by atoms with Crippen LogP contribution in [0.3, 0.4) is 0 Å². The van der Waals surface area contributed by atoms with Gasteiger partial charge in [-0.05, 0) is 98.4 Å². The molecule has 3 aliphatic rings. The highest BCUT2D eigenvalue weighted by atomic mass is 19.4. The molecule has 3 fully saturated rings. The van der Waals surface area contributed by atoms with Crippen molar-refractivity contribution in [1.82, 2.24) is 20.5 Å². The van der Waals surface area contributed by atoms with Crippen molar-refractivity contribution in [2.75, 3.05) is 80.7 Å². The Kier molecular flexibility index (Phi) is 14.3. The van der Waals surface area contributed by atoms with Crippen LogP contribution in [0.2, 0.25) is 0 Å². The second-order valence-electron chi connectivity index (χ2n) is 15.6. The number of amides is 2. The van der Waals surface area contributed by atoms with Crippen LogP contribution in [0, 0.1) is 17.2 Å². The number of hydrogen-bond donors (Lipinski definition) is 2. The molecule has 6 rings (SSSR count). The van der Waals surface area contributed by atoms with Crippen LogP contribution in [0.25, 0.3) is 0 Å². The SMILES string of the molecule is COc1nc(N2CCN(CC3CCN(c4ccc(C5CCN(c6ccc(C#N)c(C(F)(F)F)c6)CC5)cc4)CC3)CC2)cc(CNC(C)CCC(=O)NC=O)c1C=O. The molecule has 1 atom stereocenters. The predicted octanol–water partition coefficient (Wildman–Crippen LogP) is 5.75. The summed E-state index contributed by atoms with van der Waals surface area (Å²) in [5, 5.41) is 14.7. The maximum absolute atomic E-state index is 13.5. The minimum atomic E-state index is -4.56. The third-order valence-electron chi connectivity index (χ3n) is 11.9. The first-order valence-electron chi connectivity index (χ1n) is 20.2. The monoisotopic (exact) mass is 802 g/mol. The Morgan fingerprint density at radius 3 is 2.21 bits per heavy atom. The van der Waals surface area contributed by atoms with Crippen molar-refractivity contribution in [3.63, 3.8) is 0 Å². The van der Waals surface area contributed by atoms with Crippen molar-refractivity contribution >= 4 is 35.8 Å². The summed E-state index contributed by atoms with van der Waals surface area (Å²) in [4.78, 5) is 48.1. The van der Waals surface area contributed by atoms with Crippen LogP contribution >= 0.6 is 0 Å². The molecule has 0 aliphatic carbocycles. The number of carbonyl (C=O) groups is 3. The second-order valence-corrected chi connectivity index (χ2v) is 15.6. The Morgan fingerprint density at radius 2 is 1.59 bits per heavy atom. The summed E-state index contributed by atoms with van der Waals surface area (Å²) in [5.74, 6) is 1.70. The Bertz CT molecular complexity index is 1910. The van der Waals surface area contributed by atoms with Gasteiger partial charge in [-0.3, -0.25) is 24.6 Å². The Balaban J connectivity index is 0.943. The van der Waals surface area contributed by atoms with Gasteiger partial charge in [-0.1, -0.05) is 12.1 Å². The minimum Gasteiger partial charge on any atom is -0.480 e. The van der Waals surface area contributed by atoms with E-state index in [-0.39, 0.29) is 23.9 Å². The number of benzene rings is 2. The fourth-order valence-corrected chi connectivity index (χ4v) is 8.42. The molecular formula is C43H53F3N8O4. The molecule has 2 N–H and O–H groups in total. The third-order valence-corrected chi connectivity index (χ3v) is 11.9. The first-order valence-corrected chi connectivity index (χ1v) is 20.2. The lowest BCUT2D eigenvalue weighted by atomic mass is 9.88. The van der Waals surface area contributed by atoms with Crippen LogP contribution < -0.4 is 30.1 Å². The molecule has 0 spiro atoms. The lowest BCUT2D eigenvalue weighted by molar-refractivity contribution is -0.137. The molecule has 0 saturated carbocycles. The van der Waals surface area contributed by atoms with Crippen molar-refractivity contribution in [2.24, 2.45) is 5.92 Å². The summed E-state index contributed by atoms with van der Waals surface area (Å²) in [7, 11) is 1.51. The third kappa shape index (κ3) is 10.6. The van der Waals surface area contributed by atoms with Gasteiger partial charge in [-0.25, -0.2) is 0 Å². The number of nitriles is 1. The smallest absolute Gasteiger partial charge is 0.417 e. The first kappa shape index (κ1) is 42.4. The molecule has 0 bridgehead atoms. The van der Waals surface area contributed by atoms with Crippen molar-refractivity contribution in [3.05, 3.63) is 76.3 Å². The van der Waals surface area contributed by atoms with Gasteiger partial charge in [0, 0.05) is 89.3 Å². The van der Waals surface area contributed by atoms with Gasteiger partial charge in [0.2, 0.25) is 18.2 Å². The molecular weight excluding hydrogens is 750 g/mol. The summed E-state index contributed by atoms with van der Waals surface area (Å²) < 4.78 is 46.1. The maximum atomic E-state index is 13.5. The van der Waals surface area contributed by atoms with E-state index in [4.69, 9.17) is 10.00 Å². The molecule has 58 heavy (non-hydrogen) atoms. The van der Waals surface area contributed by atoms with E-state index in [1.165, 1.54) is 24.4 Å². The molecule has 310 valence electrons. The first-order chi connectivity index (χ1) is 28.0. The zero-order chi connectivity index (χ0) is 41.2. The molecule has 0 radical (unpaired) electrons. The predicted molar refractivity (Wildman–Crippen MR) is 216 cm³/mol. The van der Waals surface area contributed by atoms with Crippen LogP contribution in [0.15, 0.2) is 48.5 Å². The average molecular weight is 803 g/mol. The van der Waals surface area contributed by atoms with Crippen molar-refractivity contribution in [1.29, 1.82) is 5.26 Å². The van der Waals surface area contributed by atoms with Crippen LogP contribution in [0.5, 0.6) is 5.88 Å². The number of alkyl halides is 3. The number of aldehydes is 1. The standard InChI is InChI=1S/C43H53F3N8O4/c1-30(3-10-41(57)49-29-56)48-26-35-23-40(50-42(58-2)38(35)28-55)54-21-19-51(20-22-54)27-31-11-15-52(16-12-31)36-7-4-32(5-8-36)33-13-17-53(18-14-33)37-9-6-34(25-47)39(24-37)43(44,45)46/h4-9,23-24,28-31,33,48H,3,10-22,26-27H2,1-2H3,(H,49,56,57). The van der Waals surface area contributed by atoms with E-state index in [0.717, 1.165) is 95.2 Å². The molecule has 2 amide bonds. The van der Waals surface area contributed by atoms with E-state index in [2.05, 4.69) is 54.6 Å². The Morgan fingerprint density at radius 1 is 0.931 bits per heavy atom. The van der Waals surface area contributed by atoms with Gasteiger partial charge in [-0.2, -0.15) is 23.4 Å². The van der Waals surface area contributed by atoms with E-state index < -0.39 is 11.7 Å². The van der Waals surface area contributed by atoms with Gasteiger partial charge in [0.1, 0.15) is 5.82 Å². The summed E-state index contributed by atoms with van der Waals surface area (Å²) in [6, 6.07) is 16.4. The zero-order valence-electron chi connectivity index (χ0n) is 33.3. The number of aromatic nitrogens is 1. The lowest BCUT2D eigenvalue weighted by Gasteiger charge is -2.40. The molecule has 15 heteroatoms. The Hall–Kier alpha value is -5.20. The molecule has 3 aromatic rings. The number of hydrogen-bond acceptors (Lipinski definition) is 11. The molecule has 3 aliphatic heterocycles. The molecule has 1 unspecified atom stereocenters. The lowest BCUT2D eigenvalue weighted by Crippen LogP contribution is -2.49. The molecule has 1 aromatic heterocycles. The normalized spacial score (nSPS) is 17.8. The van der Waals surface area contributed by atoms with Crippen LogP contribution in [-0.4, -0.2) is 101 Å². The van der Waals surface area contributed by atoms with Crippen molar-refractivity contribution < 1.29 is 32.3 Å². The highest BCUT2D eigenvalue weighted by Gasteiger charge is 2.35. The van der Waals surface area contributed by atoms with Crippen LogP contribution in [0.1, 0.15) is 84.0 Å². The van der Waals surface area contributed by atoms with Gasteiger partial charge in [-0.15, -0.1) is 0 Å². The summed E-state index contributed by atoms with van der Waals surface area (Å²) >= 11 is 0.